The number of unbranched alkanes of at least 4 members (excludes halogenated alkanes) is 2. The number of carbonyl (C=O) groups excluding carboxylic acids is 18. The molecule has 0 aromatic carbocycles. The van der Waals surface area contributed by atoms with Crippen LogP contribution >= 0.6 is 0 Å². The van der Waals surface area contributed by atoms with Crippen LogP contribution in [0.4, 0.5) is 0 Å². The van der Waals surface area contributed by atoms with Crippen molar-refractivity contribution in [2.24, 2.45) is 52.5 Å². The van der Waals surface area contributed by atoms with Gasteiger partial charge in [-0.15, -0.1) is 0 Å². The van der Waals surface area contributed by atoms with Gasteiger partial charge in [0, 0.05) is 13.3 Å². The molecule has 0 aliphatic heterocycles. The van der Waals surface area contributed by atoms with Crippen molar-refractivity contribution in [2.45, 2.75) is 321 Å². The number of carboxylic acids is 5. The highest BCUT2D eigenvalue weighted by Crippen LogP contribution is 2.18. The number of aliphatic carboxylic acids is 5. The summed E-state index contributed by atoms with van der Waals surface area (Å²) in [7, 11) is 0. The summed E-state index contributed by atoms with van der Waals surface area (Å²) in [4.78, 5) is 304. The average molecular weight is 1970 g/mol. The Balaban J connectivity index is 0. The first-order chi connectivity index (χ1) is 63.8. The van der Waals surface area contributed by atoms with Gasteiger partial charge in [-0.1, -0.05) is 88.5 Å². The molecule has 18 amide bonds. The topological polar surface area (TPSA) is 904 Å². The highest BCUT2D eigenvalue weighted by molar-refractivity contribution is 6.02. The third kappa shape index (κ3) is 48.7. The molecule has 0 radical (unpaired) electrons. The molecule has 0 saturated heterocycles. The van der Waals surface area contributed by atoms with Crippen molar-refractivity contribution in [1.29, 1.82) is 0 Å². The van der Waals surface area contributed by atoms with Crippen molar-refractivity contribution < 1.29 is 161 Å². The summed E-state index contributed by atoms with van der Waals surface area (Å²) in [5, 5.41) is 137. The van der Waals surface area contributed by atoms with E-state index in [1.54, 1.807) is 34.6 Å². The number of hydrogen-bond donors (Lipinski definition) is 31. The summed E-state index contributed by atoms with van der Waals surface area (Å²) in [5.41, 5.74) is 22.4. The quantitative estimate of drug-likeness (QED) is 0.0251. The average Bonchev–Trinajstić information content (AvgIpc) is 0.829. The van der Waals surface area contributed by atoms with Crippen LogP contribution in [0.3, 0.4) is 0 Å². The third-order valence-corrected chi connectivity index (χ3v) is 21.2. The van der Waals surface area contributed by atoms with Gasteiger partial charge in [0.1, 0.15) is 96.7 Å². The lowest BCUT2D eigenvalue weighted by Crippen LogP contribution is -2.63. The number of carboxylic acid groups (broad SMARTS) is 5. The minimum absolute atomic E-state index is 0.0830. The lowest BCUT2D eigenvalue weighted by Gasteiger charge is -2.31. The zero-order chi connectivity index (χ0) is 106. The zero-order valence-corrected chi connectivity index (χ0v) is 79.7. The van der Waals surface area contributed by atoms with Crippen molar-refractivity contribution in [3.63, 3.8) is 0 Å². The summed E-state index contributed by atoms with van der Waals surface area (Å²) in [6.07, 6.45) is -8.77. The van der Waals surface area contributed by atoms with Crippen LogP contribution in [0.2, 0.25) is 0 Å². The second-order valence-electron chi connectivity index (χ2n) is 33.8. The number of aliphatic hydroxyl groups excluding tert-OH is 5. The Morgan fingerprint density at radius 2 is 0.613 bits per heavy atom. The molecule has 0 aromatic rings. The van der Waals surface area contributed by atoms with Gasteiger partial charge in [0.25, 0.3) is 5.97 Å². The molecule has 0 saturated carbocycles. The fourth-order valence-electron chi connectivity index (χ4n) is 12.6. The minimum Gasteiger partial charge on any atom is -0.481 e. The number of nitrogens with two attached hydrogens (primary N) is 4. The Morgan fingerprint density at radius 3 is 0.978 bits per heavy atom. The molecule has 54 nitrogen and oxygen atoms in total. The molecule has 0 fully saturated rings. The van der Waals surface area contributed by atoms with Crippen LogP contribution in [0.25, 0.3) is 0 Å². The molecule has 0 aromatic heterocycles. The molecule has 0 heterocycles. The first-order valence-corrected chi connectivity index (χ1v) is 44.7. The van der Waals surface area contributed by atoms with E-state index in [9.17, 15) is 146 Å². The summed E-state index contributed by atoms with van der Waals surface area (Å²) >= 11 is 0. The molecule has 0 spiro atoms. The van der Waals surface area contributed by atoms with Crippen molar-refractivity contribution in [1.82, 2.24) is 90.4 Å². The van der Waals surface area contributed by atoms with E-state index in [-0.39, 0.29) is 70.9 Å². The van der Waals surface area contributed by atoms with E-state index in [4.69, 9.17) is 37.9 Å². The number of hydrogen-bond acceptors (Lipinski definition) is 31. The number of amides is 18. The fourth-order valence-corrected chi connectivity index (χ4v) is 12.6. The smallest absolute Gasteiger partial charge is 0.326 e. The maximum Gasteiger partial charge on any atom is 0.326 e. The fraction of sp³-hybridized carbons (Fsp3) is 0.723. The normalized spacial score (nSPS) is 16.2. The molecular formula is C83H145N21O33. The second-order valence-corrected chi connectivity index (χ2v) is 33.8. The van der Waals surface area contributed by atoms with Gasteiger partial charge in [0.05, 0.1) is 63.4 Å². The summed E-state index contributed by atoms with van der Waals surface area (Å²) < 4.78 is 0. The first-order valence-electron chi connectivity index (χ1n) is 44.7. The molecule has 0 bridgehead atoms. The Bertz CT molecular complexity index is 4060. The standard InChI is InChI=1S/C81H141N21O31.C2H4O2/c1-15-37(8)59(75(126)93-50(31-57(114)115)72(123)88-46(23-19-21-27-83)69(120)101-63(42(13)106)79(130)97-58(36(6)7)81(132)133)96-54(109)32-86-67(118)47(24-25-55(110)111)89-68(119)45(22-18-20-26-82)90-76(127)60(38(9)16-2)98-77(128)61(39(10)17-3)99-80(131)64(43(14)107)102-74(125)52(34-104)95-73(124)51(33-103)94-65(116)40(11)87-70(121)48(28-35(4)5)91-71(122)49(30-53(85)108)92-78(129)62(41(12)105)100-66(117)44(84)29-56(112)113;1-2(3)4/h35-52,58-64,103-107H,15-34,82-84H2,1-14H3,(H2,85,108)(H,86,118)(H,87,121)(H,88,123)(H,89,119)(H,90,127)(H,91,122)(H,92,129)(H,93,126)(H,94,116)(H,95,124)(H,96,109)(H,97,130)(H,98,128)(H,99,131)(H,100,117)(H,101,120)(H,102,125)(H,110,111)(H,112,113)(H,114,115)(H,132,133);1H3,(H,3,4)/t37-,38-,39-,40-,41+,42+,43+,44-,45-,46-,47-,48-,49-,50-,51-,52-,58-,59-,60-,61-,62-,63-,64-;/m0./s1. The predicted molar refractivity (Wildman–Crippen MR) is 481 cm³/mol. The Morgan fingerprint density at radius 1 is 0.314 bits per heavy atom. The third-order valence-electron chi connectivity index (χ3n) is 21.2. The number of primary amides is 1. The van der Waals surface area contributed by atoms with E-state index < -0.39 is 339 Å². The van der Waals surface area contributed by atoms with Crippen molar-refractivity contribution in [3.05, 3.63) is 0 Å². The van der Waals surface area contributed by atoms with Crippen LogP contribution in [-0.4, -0.2) is 341 Å². The Labute approximate surface area is 791 Å². The van der Waals surface area contributed by atoms with Gasteiger partial charge in [0.2, 0.25) is 106 Å². The predicted octanol–water partition coefficient (Wildman–Crippen LogP) is -10.7. The van der Waals surface area contributed by atoms with E-state index in [0.717, 1.165) is 34.6 Å². The van der Waals surface area contributed by atoms with E-state index in [0.29, 0.717) is 6.42 Å². The van der Waals surface area contributed by atoms with Gasteiger partial charge in [-0.05, 0) is 122 Å². The number of rotatable bonds is 66. The molecule has 35 N–H and O–H groups in total. The monoisotopic (exact) mass is 1960 g/mol. The maximum atomic E-state index is 14.6. The van der Waals surface area contributed by atoms with Crippen LogP contribution in [0.5, 0.6) is 0 Å². The lowest BCUT2D eigenvalue weighted by molar-refractivity contribution is -0.144. The van der Waals surface area contributed by atoms with E-state index >= 15 is 0 Å². The van der Waals surface area contributed by atoms with Gasteiger partial charge in [-0.3, -0.25) is 105 Å². The molecule has 137 heavy (non-hydrogen) atoms. The van der Waals surface area contributed by atoms with Gasteiger partial charge in [-0.2, -0.15) is 0 Å². The maximum absolute atomic E-state index is 14.6. The van der Waals surface area contributed by atoms with Crippen molar-refractivity contribution in [3.8, 4) is 0 Å². The van der Waals surface area contributed by atoms with Crippen LogP contribution < -0.4 is 113 Å². The largest absolute Gasteiger partial charge is 0.481 e. The van der Waals surface area contributed by atoms with Crippen molar-refractivity contribution in [2.75, 3.05) is 32.8 Å². The SMILES string of the molecule is CC(=O)O.CC[C@H](C)[C@H](NC(=O)CNC(=O)[C@H](CCC(=O)O)NC(=O)[C@H](CCCCN)NC(=O)[C@@H](NC(=O)[C@@H](NC(=O)[C@@H](NC(=O)[C@H](CO)NC(=O)[C@H](CO)NC(=O)[C@H](C)NC(=O)[C@H](CC(C)C)NC(=O)[C@H](CC(N)=O)NC(=O)[C@@H](NC(=O)[C@@H](N)CC(=O)O)[C@@H](C)O)[C@@H](C)O)[C@@H](C)CC)[C@@H](C)CC)C(=O)N[C@@H](CC(=O)O)C(=O)N[C@@H](CCCCN)C(=O)N[C@H](C(=O)N[C@H](C(=O)O)C(C)C)[C@@H](C)O. The van der Waals surface area contributed by atoms with Crippen LogP contribution in [0.1, 0.15) is 200 Å². The highest BCUT2D eigenvalue weighted by atomic mass is 16.4. The van der Waals surface area contributed by atoms with Crippen LogP contribution in [0, 0.1) is 29.6 Å². The van der Waals surface area contributed by atoms with Crippen LogP contribution in [-0.2, 0) is 110 Å². The summed E-state index contributed by atoms with van der Waals surface area (Å²) in [6, 6.07) is -29.6. The molecule has 54 heteroatoms. The number of carbonyl (C=O) groups is 23. The molecule has 780 valence electrons. The molecule has 23 atom stereocenters. The summed E-state index contributed by atoms with van der Waals surface area (Å²) in [5.74, 6) is -31.3. The highest BCUT2D eigenvalue weighted by Gasteiger charge is 2.43. The molecule has 0 aliphatic rings. The molecule has 0 unspecified atom stereocenters. The second kappa shape index (κ2) is 65.3. The zero-order valence-electron chi connectivity index (χ0n) is 79.7. The van der Waals surface area contributed by atoms with E-state index in [1.165, 1.54) is 34.6 Å². The summed E-state index contributed by atoms with van der Waals surface area (Å²) in [6.45, 7) is 17.7. The van der Waals surface area contributed by atoms with Gasteiger partial charge >= 0.3 is 23.9 Å². The lowest BCUT2D eigenvalue weighted by atomic mass is 9.94. The minimum atomic E-state index is -2.03. The van der Waals surface area contributed by atoms with Gasteiger partial charge in [-0.25, -0.2) is 4.79 Å². The molecule has 0 rings (SSSR count). The van der Waals surface area contributed by atoms with Crippen LogP contribution in [0.15, 0.2) is 0 Å². The Hall–Kier alpha value is -12.5. The molecule has 0 aliphatic carbocycles. The van der Waals surface area contributed by atoms with E-state index in [2.05, 4.69) is 90.4 Å². The van der Waals surface area contributed by atoms with Gasteiger partial charge < -0.3 is 164 Å². The van der Waals surface area contributed by atoms with E-state index in [1.807, 2.05) is 0 Å². The Kier molecular flexibility index (Phi) is 60.3. The number of nitrogens with one attached hydrogen (secondary N) is 17. The molecular weight excluding hydrogens is 1820 g/mol. The number of aliphatic hydroxyl groups is 5. The van der Waals surface area contributed by atoms with Gasteiger partial charge in [0.15, 0.2) is 0 Å². The first kappa shape index (κ1) is 127. The van der Waals surface area contributed by atoms with Crippen molar-refractivity contribution >= 4 is 136 Å².